The van der Waals surface area contributed by atoms with Crippen molar-refractivity contribution in [1.29, 1.82) is 0 Å². The van der Waals surface area contributed by atoms with Crippen LogP contribution in [0.4, 0.5) is 5.69 Å². The highest BCUT2D eigenvalue weighted by Gasteiger charge is 2.23. The average molecular weight is 246 g/mol. The highest BCUT2D eigenvalue weighted by molar-refractivity contribution is 5.40. The van der Waals surface area contributed by atoms with Crippen molar-refractivity contribution in [3.63, 3.8) is 0 Å². The standard InChI is InChI=1S/C16H26N2/c1-13(2)10-12-18-11-4-3-5-16(18)14-6-8-15(17)9-7-14/h6-9,13,16H,3-5,10-12,17H2,1-2H3. The van der Waals surface area contributed by atoms with E-state index in [2.05, 4.69) is 30.9 Å². The topological polar surface area (TPSA) is 29.3 Å². The number of hydrogen-bond donors (Lipinski definition) is 1. The number of benzene rings is 1. The zero-order chi connectivity index (χ0) is 13.0. The fourth-order valence-electron chi connectivity index (χ4n) is 2.78. The SMILES string of the molecule is CC(C)CCN1CCCCC1c1ccc(N)cc1. The normalized spacial score (nSPS) is 21.4. The van der Waals surface area contributed by atoms with E-state index in [0.29, 0.717) is 6.04 Å². The van der Waals surface area contributed by atoms with E-state index in [9.17, 15) is 0 Å². The zero-order valence-corrected chi connectivity index (χ0v) is 11.7. The van der Waals surface area contributed by atoms with E-state index in [4.69, 9.17) is 5.73 Å². The molecule has 1 aromatic rings. The highest BCUT2D eigenvalue weighted by atomic mass is 15.2. The van der Waals surface area contributed by atoms with Crippen LogP contribution in [0.15, 0.2) is 24.3 Å². The van der Waals surface area contributed by atoms with Crippen LogP contribution in [0.5, 0.6) is 0 Å². The van der Waals surface area contributed by atoms with E-state index in [1.807, 2.05) is 12.1 Å². The van der Waals surface area contributed by atoms with E-state index in [1.165, 1.54) is 44.3 Å². The third kappa shape index (κ3) is 3.49. The quantitative estimate of drug-likeness (QED) is 0.818. The maximum Gasteiger partial charge on any atom is 0.0348 e. The minimum Gasteiger partial charge on any atom is -0.399 e. The van der Waals surface area contributed by atoms with Gasteiger partial charge in [0.25, 0.3) is 0 Å². The molecule has 0 aliphatic carbocycles. The second-order valence-corrected chi connectivity index (χ2v) is 5.90. The molecule has 0 spiro atoms. The number of piperidine rings is 1. The summed E-state index contributed by atoms with van der Waals surface area (Å²) in [5.41, 5.74) is 8.08. The lowest BCUT2D eigenvalue weighted by Crippen LogP contribution is -2.34. The summed E-state index contributed by atoms with van der Waals surface area (Å²) in [6, 6.07) is 9.08. The predicted octanol–water partition coefficient (Wildman–Crippen LogP) is 3.84. The van der Waals surface area contributed by atoms with Gasteiger partial charge in [-0.05, 0) is 56.0 Å². The van der Waals surface area contributed by atoms with Gasteiger partial charge in [0, 0.05) is 11.7 Å². The molecule has 2 rings (SSSR count). The summed E-state index contributed by atoms with van der Waals surface area (Å²) in [4.78, 5) is 2.66. The summed E-state index contributed by atoms with van der Waals surface area (Å²) >= 11 is 0. The van der Waals surface area contributed by atoms with Crippen molar-refractivity contribution < 1.29 is 0 Å². The molecule has 0 radical (unpaired) electrons. The van der Waals surface area contributed by atoms with Gasteiger partial charge in [-0.3, -0.25) is 4.90 Å². The molecular formula is C16H26N2. The van der Waals surface area contributed by atoms with Crippen LogP contribution in [0.25, 0.3) is 0 Å². The van der Waals surface area contributed by atoms with E-state index in [0.717, 1.165) is 11.6 Å². The minimum atomic E-state index is 0.609. The van der Waals surface area contributed by atoms with E-state index in [1.54, 1.807) is 0 Å². The molecule has 2 heteroatoms. The van der Waals surface area contributed by atoms with Crippen LogP contribution in [0.3, 0.4) is 0 Å². The molecule has 1 atom stereocenters. The predicted molar refractivity (Wildman–Crippen MR) is 78.5 cm³/mol. The fourth-order valence-corrected chi connectivity index (χ4v) is 2.78. The summed E-state index contributed by atoms with van der Waals surface area (Å²) in [6.07, 6.45) is 5.30. The van der Waals surface area contributed by atoms with Crippen LogP contribution in [0.2, 0.25) is 0 Å². The molecule has 0 bridgehead atoms. The molecule has 0 aromatic heterocycles. The van der Waals surface area contributed by atoms with Crippen molar-refractivity contribution in [2.75, 3.05) is 18.8 Å². The van der Waals surface area contributed by atoms with Crippen molar-refractivity contribution >= 4 is 5.69 Å². The van der Waals surface area contributed by atoms with Crippen LogP contribution in [-0.2, 0) is 0 Å². The minimum absolute atomic E-state index is 0.609. The van der Waals surface area contributed by atoms with Crippen LogP contribution in [0.1, 0.15) is 51.1 Å². The van der Waals surface area contributed by atoms with Gasteiger partial charge in [-0.2, -0.15) is 0 Å². The third-order valence-electron chi connectivity index (χ3n) is 3.93. The molecule has 2 nitrogen and oxygen atoms in total. The molecule has 1 fully saturated rings. The number of likely N-dealkylation sites (tertiary alicyclic amines) is 1. The molecule has 1 heterocycles. The number of nitrogens with two attached hydrogens (primary N) is 1. The number of nitrogens with zero attached hydrogens (tertiary/aromatic N) is 1. The van der Waals surface area contributed by atoms with Crippen LogP contribution in [0, 0.1) is 5.92 Å². The molecule has 1 aliphatic rings. The number of anilines is 1. The molecule has 1 saturated heterocycles. The lowest BCUT2D eigenvalue weighted by atomic mass is 9.94. The Hall–Kier alpha value is -1.02. The molecule has 100 valence electrons. The van der Waals surface area contributed by atoms with E-state index < -0.39 is 0 Å². The second-order valence-electron chi connectivity index (χ2n) is 5.90. The first-order valence-corrected chi connectivity index (χ1v) is 7.26. The second kappa shape index (κ2) is 6.24. The Kier molecular flexibility index (Phi) is 4.65. The Bertz CT molecular complexity index is 356. The Morgan fingerprint density at radius 2 is 1.94 bits per heavy atom. The summed E-state index contributed by atoms with van der Waals surface area (Å²) < 4.78 is 0. The zero-order valence-electron chi connectivity index (χ0n) is 11.7. The van der Waals surface area contributed by atoms with Gasteiger partial charge >= 0.3 is 0 Å². The lowest BCUT2D eigenvalue weighted by molar-refractivity contribution is 0.141. The third-order valence-corrected chi connectivity index (χ3v) is 3.93. The summed E-state index contributed by atoms with van der Waals surface area (Å²) in [6.45, 7) is 7.10. The van der Waals surface area contributed by atoms with E-state index >= 15 is 0 Å². The molecule has 1 unspecified atom stereocenters. The van der Waals surface area contributed by atoms with Crippen molar-refractivity contribution in [3.8, 4) is 0 Å². The van der Waals surface area contributed by atoms with Crippen molar-refractivity contribution in [3.05, 3.63) is 29.8 Å². The monoisotopic (exact) mass is 246 g/mol. The molecule has 18 heavy (non-hydrogen) atoms. The Balaban J connectivity index is 2.05. The number of hydrogen-bond acceptors (Lipinski definition) is 2. The molecule has 1 aliphatic heterocycles. The van der Waals surface area contributed by atoms with Crippen LogP contribution < -0.4 is 5.73 Å². The van der Waals surface area contributed by atoms with Gasteiger partial charge in [0.05, 0.1) is 0 Å². The molecule has 2 N–H and O–H groups in total. The molecule has 1 aromatic carbocycles. The molecular weight excluding hydrogens is 220 g/mol. The van der Waals surface area contributed by atoms with Crippen molar-refractivity contribution in [2.45, 2.75) is 45.6 Å². The summed E-state index contributed by atoms with van der Waals surface area (Å²) in [5, 5.41) is 0. The fraction of sp³-hybridized carbons (Fsp3) is 0.625. The maximum absolute atomic E-state index is 5.78. The van der Waals surface area contributed by atoms with Crippen LogP contribution in [-0.4, -0.2) is 18.0 Å². The smallest absolute Gasteiger partial charge is 0.0348 e. The van der Waals surface area contributed by atoms with Gasteiger partial charge in [-0.1, -0.05) is 32.4 Å². The summed E-state index contributed by atoms with van der Waals surface area (Å²) in [7, 11) is 0. The van der Waals surface area contributed by atoms with Gasteiger partial charge in [0.1, 0.15) is 0 Å². The maximum atomic E-state index is 5.78. The van der Waals surface area contributed by atoms with Gasteiger partial charge in [-0.25, -0.2) is 0 Å². The van der Waals surface area contributed by atoms with Crippen molar-refractivity contribution in [1.82, 2.24) is 4.90 Å². The first-order valence-electron chi connectivity index (χ1n) is 7.26. The number of nitrogen functional groups attached to an aromatic ring is 1. The first kappa shape index (κ1) is 13.4. The Morgan fingerprint density at radius 3 is 2.61 bits per heavy atom. The molecule has 0 saturated carbocycles. The lowest BCUT2D eigenvalue weighted by Gasteiger charge is -2.36. The molecule has 0 amide bonds. The largest absolute Gasteiger partial charge is 0.399 e. The van der Waals surface area contributed by atoms with Crippen molar-refractivity contribution in [2.24, 2.45) is 5.92 Å². The van der Waals surface area contributed by atoms with Crippen LogP contribution >= 0.6 is 0 Å². The average Bonchev–Trinajstić information content (AvgIpc) is 2.38. The van der Waals surface area contributed by atoms with Gasteiger partial charge in [0.15, 0.2) is 0 Å². The van der Waals surface area contributed by atoms with Gasteiger partial charge in [-0.15, -0.1) is 0 Å². The van der Waals surface area contributed by atoms with Gasteiger partial charge < -0.3 is 5.73 Å². The van der Waals surface area contributed by atoms with Gasteiger partial charge in [0.2, 0.25) is 0 Å². The number of rotatable bonds is 4. The van der Waals surface area contributed by atoms with E-state index in [-0.39, 0.29) is 0 Å². The Labute approximate surface area is 111 Å². The highest BCUT2D eigenvalue weighted by Crippen LogP contribution is 2.31. The first-order chi connectivity index (χ1) is 8.66. The summed E-state index contributed by atoms with van der Waals surface area (Å²) in [5.74, 6) is 0.791. The Morgan fingerprint density at radius 1 is 1.22 bits per heavy atom.